The topological polar surface area (TPSA) is 64.7 Å². The fraction of sp³-hybridized carbons (Fsp3) is 0.900. The summed E-state index contributed by atoms with van der Waals surface area (Å²) < 4.78 is 0. The van der Waals surface area contributed by atoms with Gasteiger partial charge in [0, 0.05) is 38.6 Å². The Labute approximate surface area is 159 Å². The molecule has 2 N–H and O–H groups in total. The zero-order valence-electron chi connectivity index (χ0n) is 16.8. The minimum atomic E-state index is 0.0963. The standard InChI is InChI=1S/C20H38N4O2/c1-3-23(4-2)15-12-21-19(25)16-17-10-13-24(14-11-17)20(26)22-18-8-6-5-7-9-18/h17-18H,3-16H2,1-2H3,(H,21,25)(H,22,26). The third-order valence-corrected chi connectivity index (χ3v) is 5.95. The summed E-state index contributed by atoms with van der Waals surface area (Å²) in [4.78, 5) is 28.8. The molecule has 0 radical (unpaired) electrons. The van der Waals surface area contributed by atoms with Crippen LogP contribution in [0.4, 0.5) is 4.79 Å². The Morgan fingerprint density at radius 3 is 2.27 bits per heavy atom. The Morgan fingerprint density at radius 2 is 1.65 bits per heavy atom. The molecule has 1 aliphatic carbocycles. The molecule has 1 aliphatic heterocycles. The van der Waals surface area contributed by atoms with E-state index in [1.807, 2.05) is 4.90 Å². The van der Waals surface area contributed by atoms with Gasteiger partial charge >= 0.3 is 6.03 Å². The van der Waals surface area contributed by atoms with E-state index in [-0.39, 0.29) is 11.9 Å². The Balaban J connectivity index is 1.60. The zero-order valence-corrected chi connectivity index (χ0v) is 16.8. The van der Waals surface area contributed by atoms with Crippen LogP contribution in [-0.4, -0.2) is 67.0 Å². The molecule has 2 rings (SSSR count). The quantitative estimate of drug-likeness (QED) is 0.694. The lowest BCUT2D eigenvalue weighted by Gasteiger charge is -2.33. The summed E-state index contributed by atoms with van der Waals surface area (Å²) >= 11 is 0. The van der Waals surface area contributed by atoms with Crippen molar-refractivity contribution in [1.82, 2.24) is 20.4 Å². The van der Waals surface area contributed by atoms with Crippen LogP contribution in [0.3, 0.4) is 0 Å². The number of likely N-dealkylation sites (N-methyl/N-ethyl adjacent to an activating group) is 1. The Morgan fingerprint density at radius 1 is 1.00 bits per heavy atom. The SMILES string of the molecule is CCN(CC)CCNC(=O)CC1CCN(C(=O)NC2CCCCC2)CC1. The van der Waals surface area contributed by atoms with E-state index in [9.17, 15) is 9.59 Å². The summed E-state index contributed by atoms with van der Waals surface area (Å²) in [5.74, 6) is 0.560. The summed E-state index contributed by atoms with van der Waals surface area (Å²) in [7, 11) is 0. The van der Waals surface area contributed by atoms with Crippen molar-refractivity contribution >= 4 is 11.9 Å². The lowest BCUT2D eigenvalue weighted by atomic mass is 9.93. The molecule has 0 bridgehead atoms. The van der Waals surface area contributed by atoms with Crippen LogP contribution in [0.5, 0.6) is 0 Å². The minimum Gasteiger partial charge on any atom is -0.355 e. The van der Waals surface area contributed by atoms with Crippen LogP contribution in [-0.2, 0) is 4.79 Å². The van der Waals surface area contributed by atoms with E-state index in [2.05, 4.69) is 29.4 Å². The van der Waals surface area contributed by atoms with Gasteiger partial charge < -0.3 is 20.4 Å². The van der Waals surface area contributed by atoms with Crippen molar-refractivity contribution in [3.63, 3.8) is 0 Å². The van der Waals surface area contributed by atoms with Crippen molar-refractivity contribution in [2.45, 2.75) is 71.3 Å². The summed E-state index contributed by atoms with van der Waals surface area (Å²) in [6, 6.07) is 0.463. The van der Waals surface area contributed by atoms with Gasteiger partial charge in [-0.15, -0.1) is 0 Å². The van der Waals surface area contributed by atoms with Crippen molar-refractivity contribution in [3.05, 3.63) is 0 Å². The molecule has 1 heterocycles. The van der Waals surface area contributed by atoms with E-state index in [1.165, 1.54) is 19.3 Å². The van der Waals surface area contributed by atoms with Crippen molar-refractivity contribution < 1.29 is 9.59 Å². The zero-order chi connectivity index (χ0) is 18.8. The van der Waals surface area contributed by atoms with Crippen LogP contribution in [0.25, 0.3) is 0 Å². The molecule has 0 aromatic heterocycles. The van der Waals surface area contributed by atoms with E-state index in [0.717, 1.165) is 65.0 Å². The van der Waals surface area contributed by atoms with Crippen LogP contribution in [0.2, 0.25) is 0 Å². The molecule has 0 aromatic rings. The minimum absolute atomic E-state index is 0.0963. The van der Waals surface area contributed by atoms with E-state index in [1.54, 1.807) is 0 Å². The highest BCUT2D eigenvalue weighted by Crippen LogP contribution is 2.22. The van der Waals surface area contributed by atoms with Crippen molar-refractivity contribution in [1.29, 1.82) is 0 Å². The van der Waals surface area contributed by atoms with Crippen LogP contribution in [0.1, 0.15) is 65.2 Å². The van der Waals surface area contributed by atoms with Gasteiger partial charge in [0.05, 0.1) is 0 Å². The average Bonchev–Trinajstić information content (AvgIpc) is 2.66. The van der Waals surface area contributed by atoms with E-state index in [0.29, 0.717) is 18.4 Å². The number of hydrogen-bond acceptors (Lipinski definition) is 3. The largest absolute Gasteiger partial charge is 0.355 e. The molecule has 0 spiro atoms. The average molecular weight is 367 g/mol. The van der Waals surface area contributed by atoms with E-state index in [4.69, 9.17) is 0 Å². The van der Waals surface area contributed by atoms with E-state index >= 15 is 0 Å². The fourth-order valence-electron chi connectivity index (χ4n) is 4.08. The molecule has 2 aliphatic rings. The second-order valence-electron chi connectivity index (χ2n) is 7.80. The van der Waals surface area contributed by atoms with Gasteiger partial charge in [0.25, 0.3) is 0 Å². The van der Waals surface area contributed by atoms with Gasteiger partial charge in [0.2, 0.25) is 5.91 Å². The third kappa shape index (κ3) is 7.14. The molecule has 3 amide bonds. The molecule has 1 saturated carbocycles. The van der Waals surface area contributed by atoms with Crippen molar-refractivity contribution in [2.75, 3.05) is 39.3 Å². The summed E-state index contributed by atoms with van der Waals surface area (Å²) in [6.45, 7) is 9.52. The first kappa shape index (κ1) is 21.0. The van der Waals surface area contributed by atoms with Crippen LogP contribution in [0.15, 0.2) is 0 Å². The summed E-state index contributed by atoms with van der Waals surface area (Å²) in [5.41, 5.74) is 0. The molecular formula is C20H38N4O2. The first-order valence-corrected chi connectivity index (χ1v) is 10.7. The van der Waals surface area contributed by atoms with Gasteiger partial charge in [-0.2, -0.15) is 0 Å². The molecule has 26 heavy (non-hydrogen) atoms. The molecule has 0 atom stereocenters. The monoisotopic (exact) mass is 366 g/mol. The first-order chi connectivity index (χ1) is 12.6. The number of nitrogens with one attached hydrogen (secondary N) is 2. The molecule has 150 valence electrons. The van der Waals surface area contributed by atoms with Gasteiger partial charge in [-0.25, -0.2) is 4.79 Å². The number of carbonyl (C=O) groups is 2. The molecule has 2 fully saturated rings. The molecular weight excluding hydrogens is 328 g/mol. The number of nitrogens with zero attached hydrogens (tertiary/aromatic N) is 2. The lowest BCUT2D eigenvalue weighted by Crippen LogP contribution is -2.48. The molecule has 0 unspecified atom stereocenters. The number of rotatable bonds is 8. The van der Waals surface area contributed by atoms with Gasteiger partial charge in [-0.1, -0.05) is 33.1 Å². The van der Waals surface area contributed by atoms with E-state index < -0.39 is 0 Å². The number of piperidine rings is 1. The van der Waals surface area contributed by atoms with Crippen molar-refractivity contribution in [3.8, 4) is 0 Å². The Kier molecular flexibility index (Phi) is 9.23. The highest BCUT2D eigenvalue weighted by Gasteiger charge is 2.26. The number of urea groups is 1. The second-order valence-corrected chi connectivity index (χ2v) is 7.80. The second kappa shape index (κ2) is 11.4. The van der Waals surface area contributed by atoms with Gasteiger partial charge in [-0.3, -0.25) is 4.79 Å². The Hall–Kier alpha value is -1.30. The highest BCUT2D eigenvalue weighted by atomic mass is 16.2. The lowest BCUT2D eigenvalue weighted by molar-refractivity contribution is -0.122. The van der Waals surface area contributed by atoms with Gasteiger partial charge in [-0.05, 0) is 44.7 Å². The van der Waals surface area contributed by atoms with Gasteiger partial charge in [0.15, 0.2) is 0 Å². The number of carbonyl (C=O) groups excluding carboxylic acids is 2. The van der Waals surface area contributed by atoms with Gasteiger partial charge in [0.1, 0.15) is 0 Å². The predicted molar refractivity (Wildman–Crippen MR) is 105 cm³/mol. The number of likely N-dealkylation sites (tertiary alicyclic amines) is 1. The first-order valence-electron chi connectivity index (χ1n) is 10.7. The maximum Gasteiger partial charge on any atom is 0.317 e. The normalized spacial score (nSPS) is 19.6. The maximum atomic E-state index is 12.4. The molecule has 1 saturated heterocycles. The number of amides is 3. The van der Waals surface area contributed by atoms with Crippen LogP contribution < -0.4 is 10.6 Å². The summed E-state index contributed by atoms with van der Waals surface area (Å²) in [6.07, 6.45) is 8.47. The third-order valence-electron chi connectivity index (χ3n) is 5.95. The molecule has 0 aromatic carbocycles. The maximum absolute atomic E-state index is 12.4. The highest BCUT2D eigenvalue weighted by molar-refractivity contribution is 5.76. The van der Waals surface area contributed by atoms with Crippen molar-refractivity contribution in [2.24, 2.45) is 5.92 Å². The predicted octanol–water partition coefficient (Wildman–Crippen LogP) is 2.59. The Bertz CT molecular complexity index is 426. The smallest absolute Gasteiger partial charge is 0.317 e. The summed E-state index contributed by atoms with van der Waals surface area (Å²) in [5, 5.41) is 6.24. The van der Waals surface area contributed by atoms with Crippen LogP contribution >= 0.6 is 0 Å². The molecule has 6 heteroatoms. The fourth-order valence-corrected chi connectivity index (χ4v) is 4.08. The van der Waals surface area contributed by atoms with Crippen LogP contribution in [0, 0.1) is 5.92 Å². The number of hydrogen-bond donors (Lipinski definition) is 2. The molecule has 6 nitrogen and oxygen atoms in total.